The molecule has 8 heteroatoms. The van der Waals surface area contributed by atoms with E-state index in [0.717, 1.165) is 19.4 Å². The van der Waals surface area contributed by atoms with Gasteiger partial charge in [0.15, 0.2) is 0 Å². The molecule has 1 saturated heterocycles. The summed E-state index contributed by atoms with van der Waals surface area (Å²) in [4.78, 5) is 0.233. The highest BCUT2D eigenvalue weighted by atomic mass is 35.5. The minimum absolute atomic E-state index is 0. The van der Waals surface area contributed by atoms with E-state index in [4.69, 9.17) is 0 Å². The molecular formula is C10H19ClN4O2S. The van der Waals surface area contributed by atoms with Crippen LogP contribution in [0.2, 0.25) is 0 Å². The first-order valence-electron chi connectivity index (χ1n) is 5.82. The lowest BCUT2D eigenvalue weighted by molar-refractivity contribution is 0.539. The SMILES string of the molecule is Cc1[nH]ncc1S(=O)(=O)NCC[C@H]1CCCN1.Cl. The van der Waals surface area contributed by atoms with Crippen LogP contribution in [-0.4, -0.2) is 37.7 Å². The molecule has 0 saturated carbocycles. The quantitative estimate of drug-likeness (QED) is 0.740. The van der Waals surface area contributed by atoms with Crippen molar-refractivity contribution in [3.8, 4) is 0 Å². The topological polar surface area (TPSA) is 86.9 Å². The molecule has 0 amide bonds. The summed E-state index contributed by atoms with van der Waals surface area (Å²) in [6.07, 6.45) is 4.48. The first-order valence-corrected chi connectivity index (χ1v) is 7.31. The van der Waals surface area contributed by atoms with Crippen LogP contribution in [0.5, 0.6) is 0 Å². The van der Waals surface area contributed by atoms with Gasteiger partial charge in [-0.3, -0.25) is 5.10 Å². The van der Waals surface area contributed by atoms with Gasteiger partial charge in [-0.25, -0.2) is 13.1 Å². The summed E-state index contributed by atoms with van der Waals surface area (Å²) in [6, 6.07) is 0.447. The van der Waals surface area contributed by atoms with Gasteiger partial charge in [0.1, 0.15) is 4.90 Å². The van der Waals surface area contributed by atoms with Crippen molar-refractivity contribution >= 4 is 22.4 Å². The van der Waals surface area contributed by atoms with Crippen LogP contribution in [0.15, 0.2) is 11.1 Å². The molecule has 3 N–H and O–H groups in total. The number of halogens is 1. The smallest absolute Gasteiger partial charge is 0.243 e. The Kier molecular flexibility index (Phi) is 5.58. The molecule has 0 radical (unpaired) electrons. The van der Waals surface area contributed by atoms with Crippen molar-refractivity contribution in [3.05, 3.63) is 11.9 Å². The number of hydrogen-bond acceptors (Lipinski definition) is 4. The highest BCUT2D eigenvalue weighted by Crippen LogP contribution is 2.12. The Morgan fingerprint density at radius 1 is 1.56 bits per heavy atom. The normalized spacial score (nSPS) is 19.7. The fourth-order valence-electron chi connectivity index (χ4n) is 2.06. The average molecular weight is 295 g/mol. The molecule has 0 bridgehead atoms. The van der Waals surface area contributed by atoms with Gasteiger partial charge in [-0.1, -0.05) is 0 Å². The Hall–Kier alpha value is -0.630. The summed E-state index contributed by atoms with van der Waals surface area (Å²) < 4.78 is 26.4. The lowest BCUT2D eigenvalue weighted by Gasteiger charge is -2.10. The standard InChI is InChI=1S/C10H18N4O2S.ClH/c1-8-10(7-12-14-8)17(15,16)13-6-4-9-3-2-5-11-9;/h7,9,11,13H,2-6H2,1H3,(H,12,14);1H/t9-;/m1./s1. The van der Waals surface area contributed by atoms with E-state index in [1.807, 2.05) is 0 Å². The minimum atomic E-state index is -3.41. The van der Waals surface area contributed by atoms with Crippen molar-refractivity contribution in [1.82, 2.24) is 20.2 Å². The van der Waals surface area contributed by atoms with Crippen molar-refractivity contribution in [2.24, 2.45) is 0 Å². The van der Waals surface area contributed by atoms with Crippen molar-refractivity contribution < 1.29 is 8.42 Å². The number of rotatable bonds is 5. The number of nitrogens with one attached hydrogen (secondary N) is 3. The van der Waals surface area contributed by atoms with Gasteiger partial charge in [0.2, 0.25) is 10.0 Å². The summed E-state index contributed by atoms with van der Waals surface area (Å²) in [7, 11) is -3.41. The second-order valence-electron chi connectivity index (χ2n) is 4.34. The summed E-state index contributed by atoms with van der Waals surface area (Å²) in [5.41, 5.74) is 0.566. The molecule has 0 aromatic carbocycles. The molecule has 1 aromatic rings. The molecule has 6 nitrogen and oxygen atoms in total. The van der Waals surface area contributed by atoms with Gasteiger partial charge in [-0.15, -0.1) is 12.4 Å². The molecule has 18 heavy (non-hydrogen) atoms. The molecule has 0 aliphatic carbocycles. The first kappa shape index (κ1) is 15.4. The molecule has 1 aliphatic heterocycles. The maximum atomic E-state index is 11.9. The maximum Gasteiger partial charge on any atom is 0.243 e. The van der Waals surface area contributed by atoms with E-state index >= 15 is 0 Å². The van der Waals surface area contributed by atoms with E-state index in [2.05, 4.69) is 20.2 Å². The fourth-order valence-corrected chi connectivity index (χ4v) is 3.24. The summed E-state index contributed by atoms with van der Waals surface area (Å²) in [6.45, 7) is 3.20. The van der Waals surface area contributed by atoms with Gasteiger partial charge in [0.25, 0.3) is 0 Å². The highest BCUT2D eigenvalue weighted by Gasteiger charge is 2.19. The Morgan fingerprint density at radius 3 is 2.89 bits per heavy atom. The minimum Gasteiger partial charge on any atom is -0.314 e. The van der Waals surface area contributed by atoms with Gasteiger partial charge < -0.3 is 5.32 Å². The largest absolute Gasteiger partial charge is 0.314 e. The third-order valence-electron chi connectivity index (χ3n) is 3.02. The second kappa shape index (κ2) is 6.51. The molecule has 104 valence electrons. The predicted molar refractivity (Wildman–Crippen MR) is 71.4 cm³/mol. The van der Waals surface area contributed by atoms with Gasteiger partial charge in [-0.05, 0) is 32.7 Å². The lowest BCUT2D eigenvalue weighted by Crippen LogP contribution is -2.30. The number of hydrogen-bond donors (Lipinski definition) is 3. The van der Waals surface area contributed by atoms with Crippen LogP contribution in [0, 0.1) is 6.92 Å². The number of nitrogens with zero attached hydrogens (tertiary/aromatic N) is 1. The Balaban J connectivity index is 0.00000162. The third-order valence-corrected chi connectivity index (χ3v) is 4.60. The van der Waals surface area contributed by atoms with Crippen molar-refractivity contribution in [1.29, 1.82) is 0 Å². The van der Waals surface area contributed by atoms with E-state index in [1.54, 1.807) is 6.92 Å². The zero-order valence-corrected chi connectivity index (χ0v) is 11.9. The Bertz CT molecular complexity index is 468. The van der Waals surface area contributed by atoms with E-state index in [-0.39, 0.29) is 17.3 Å². The van der Waals surface area contributed by atoms with Crippen LogP contribution in [-0.2, 0) is 10.0 Å². The molecule has 1 aliphatic rings. The van der Waals surface area contributed by atoms with E-state index < -0.39 is 10.0 Å². The third kappa shape index (κ3) is 3.68. The van der Waals surface area contributed by atoms with Crippen LogP contribution < -0.4 is 10.0 Å². The number of aromatic amines is 1. The second-order valence-corrected chi connectivity index (χ2v) is 6.07. The Morgan fingerprint density at radius 2 is 2.33 bits per heavy atom. The zero-order valence-electron chi connectivity index (χ0n) is 10.3. The van der Waals surface area contributed by atoms with Crippen LogP contribution in [0.1, 0.15) is 25.0 Å². The summed E-state index contributed by atoms with van der Waals surface area (Å²) in [5, 5.41) is 9.68. The van der Waals surface area contributed by atoms with Crippen LogP contribution in [0.25, 0.3) is 0 Å². The van der Waals surface area contributed by atoms with Gasteiger partial charge in [-0.2, -0.15) is 5.10 Å². The van der Waals surface area contributed by atoms with Crippen LogP contribution in [0.3, 0.4) is 0 Å². The van der Waals surface area contributed by atoms with E-state index in [9.17, 15) is 8.42 Å². The van der Waals surface area contributed by atoms with Crippen molar-refractivity contribution in [2.45, 2.75) is 37.1 Å². The zero-order chi connectivity index (χ0) is 12.3. The van der Waals surface area contributed by atoms with Gasteiger partial charge >= 0.3 is 0 Å². The summed E-state index contributed by atoms with van der Waals surface area (Å²) in [5.74, 6) is 0. The van der Waals surface area contributed by atoms with E-state index in [0.29, 0.717) is 18.3 Å². The number of aromatic nitrogens is 2. The van der Waals surface area contributed by atoms with Gasteiger partial charge in [0, 0.05) is 12.6 Å². The van der Waals surface area contributed by atoms with Crippen molar-refractivity contribution in [3.63, 3.8) is 0 Å². The fraction of sp³-hybridized carbons (Fsp3) is 0.700. The molecule has 1 fully saturated rings. The number of H-pyrrole nitrogens is 1. The molecule has 1 aromatic heterocycles. The Labute approximate surface area is 113 Å². The van der Waals surface area contributed by atoms with Crippen LogP contribution in [0.4, 0.5) is 0 Å². The van der Waals surface area contributed by atoms with Gasteiger partial charge in [0.05, 0.1) is 11.9 Å². The predicted octanol–water partition coefficient (Wildman–Crippen LogP) is 0.560. The molecule has 0 spiro atoms. The summed E-state index contributed by atoms with van der Waals surface area (Å²) >= 11 is 0. The molecule has 1 atom stereocenters. The average Bonchev–Trinajstić information content (AvgIpc) is 2.88. The molecular weight excluding hydrogens is 276 g/mol. The van der Waals surface area contributed by atoms with Crippen LogP contribution >= 0.6 is 12.4 Å². The van der Waals surface area contributed by atoms with Crippen molar-refractivity contribution in [2.75, 3.05) is 13.1 Å². The highest BCUT2D eigenvalue weighted by molar-refractivity contribution is 7.89. The first-order chi connectivity index (χ1) is 8.09. The number of sulfonamides is 1. The monoisotopic (exact) mass is 294 g/mol. The molecule has 0 unspecified atom stereocenters. The molecule has 2 rings (SSSR count). The lowest BCUT2D eigenvalue weighted by atomic mass is 10.2. The molecule has 2 heterocycles. The van der Waals surface area contributed by atoms with E-state index in [1.165, 1.54) is 12.6 Å². The number of aryl methyl sites for hydroxylation is 1. The maximum absolute atomic E-state index is 11.9.